The van der Waals surface area contributed by atoms with Gasteiger partial charge in [0.2, 0.25) is 0 Å². The second kappa shape index (κ2) is 5.00. The molecule has 0 unspecified atom stereocenters. The van der Waals surface area contributed by atoms with E-state index < -0.39 is 0 Å². The molecule has 94 valence electrons. The maximum absolute atomic E-state index is 5.85. The highest BCUT2D eigenvalue weighted by atomic mass is 16.5. The molecule has 0 radical (unpaired) electrons. The summed E-state index contributed by atoms with van der Waals surface area (Å²) < 4.78 is 11.0. The monoisotopic (exact) mass is 243 g/mol. The second-order valence-electron chi connectivity index (χ2n) is 4.27. The van der Waals surface area contributed by atoms with E-state index in [9.17, 15) is 0 Å². The predicted molar refractivity (Wildman–Crippen MR) is 73.4 cm³/mol. The van der Waals surface area contributed by atoms with E-state index in [4.69, 9.17) is 15.2 Å². The van der Waals surface area contributed by atoms with Crippen LogP contribution in [0, 0.1) is 13.8 Å². The molecule has 0 aromatic heterocycles. The van der Waals surface area contributed by atoms with Gasteiger partial charge in [-0.05, 0) is 43.2 Å². The molecular weight excluding hydrogens is 226 g/mol. The summed E-state index contributed by atoms with van der Waals surface area (Å²) in [6, 6.07) is 11.5. The third-order valence-corrected chi connectivity index (χ3v) is 2.78. The van der Waals surface area contributed by atoms with E-state index in [0.717, 1.165) is 22.6 Å². The molecular formula is C15H17NO2. The zero-order chi connectivity index (χ0) is 13.1. The van der Waals surface area contributed by atoms with E-state index in [1.807, 2.05) is 32.0 Å². The fraction of sp³-hybridized carbons (Fsp3) is 0.200. The summed E-state index contributed by atoms with van der Waals surface area (Å²) in [7, 11) is 1.59. The number of ether oxygens (including phenoxy) is 2. The van der Waals surface area contributed by atoms with Gasteiger partial charge in [0.05, 0.1) is 12.8 Å². The largest absolute Gasteiger partial charge is 0.494 e. The van der Waals surface area contributed by atoms with Gasteiger partial charge in [0.1, 0.15) is 17.2 Å². The van der Waals surface area contributed by atoms with Crippen LogP contribution in [0.15, 0.2) is 36.4 Å². The molecule has 0 bridgehead atoms. The van der Waals surface area contributed by atoms with Crippen LogP contribution in [0.5, 0.6) is 17.2 Å². The van der Waals surface area contributed by atoms with Gasteiger partial charge in [-0.1, -0.05) is 12.1 Å². The Morgan fingerprint density at radius 3 is 2.44 bits per heavy atom. The van der Waals surface area contributed by atoms with Gasteiger partial charge in [0.15, 0.2) is 0 Å². The van der Waals surface area contributed by atoms with Crippen molar-refractivity contribution in [3.8, 4) is 17.2 Å². The van der Waals surface area contributed by atoms with E-state index in [0.29, 0.717) is 11.4 Å². The van der Waals surface area contributed by atoms with Crippen molar-refractivity contribution in [2.45, 2.75) is 13.8 Å². The van der Waals surface area contributed by atoms with Crippen molar-refractivity contribution in [3.63, 3.8) is 0 Å². The number of benzene rings is 2. The molecule has 2 aromatic rings. The minimum atomic E-state index is 0.603. The molecule has 0 atom stereocenters. The first-order valence-electron chi connectivity index (χ1n) is 5.79. The van der Waals surface area contributed by atoms with Crippen molar-refractivity contribution < 1.29 is 9.47 Å². The Kier molecular flexibility index (Phi) is 3.42. The maximum atomic E-state index is 5.85. The van der Waals surface area contributed by atoms with E-state index in [1.165, 1.54) is 0 Å². The van der Waals surface area contributed by atoms with Gasteiger partial charge < -0.3 is 15.2 Å². The summed E-state index contributed by atoms with van der Waals surface area (Å²) in [5.41, 5.74) is 8.63. The standard InChI is InChI=1S/C15H17NO2/c1-10-4-5-11(2)14(8-10)18-12-6-7-13(16)15(9-12)17-3/h4-9H,16H2,1-3H3. The van der Waals surface area contributed by atoms with Crippen LogP contribution >= 0.6 is 0 Å². The molecule has 0 amide bonds. The summed E-state index contributed by atoms with van der Waals surface area (Å²) in [5, 5.41) is 0. The molecule has 0 fully saturated rings. The molecule has 0 aliphatic rings. The molecule has 0 aliphatic heterocycles. The van der Waals surface area contributed by atoms with Crippen LogP contribution in [-0.4, -0.2) is 7.11 Å². The molecule has 2 N–H and O–H groups in total. The lowest BCUT2D eigenvalue weighted by Crippen LogP contribution is -1.94. The van der Waals surface area contributed by atoms with Crippen molar-refractivity contribution >= 4 is 5.69 Å². The topological polar surface area (TPSA) is 44.5 Å². The molecule has 18 heavy (non-hydrogen) atoms. The second-order valence-corrected chi connectivity index (χ2v) is 4.27. The van der Waals surface area contributed by atoms with E-state index in [1.54, 1.807) is 19.2 Å². The fourth-order valence-electron chi connectivity index (χ4n) is 1.70. The molecule has 2 aromatic carbocycles. The zero-order valence-electron chi connectivity index (χ0n) is 10.9. The van der Waals surface area contributed by atoms with E-state index >= 15 is 0 Å². The molecule has 3 nitrogen and oxygen atoms in total. The minimum Gasteiger partial charge on any atom is -0.494 e. The number of methoxy groups -OCH3 is 1. The van der Waals surface area contributed by atoms with Gasteiger partial charge in [0.25, 0.3) is 0 Å². The number of aryl methyl sites for hydroxylation is 2. The van der Waals surface area contributed by atoms with Gasteiger partial charge in [0, 0.05) is 6.07 Å². The Morgan fingerprint density at radius 1 is 0.944 bits per heavy atom. The van der Waals surface area contributed by atoms with E-state index in [-0.39, 0.29) is 0 Å². The normalized spacial score (nSPS) is 10.2. The highest BCUT2D eigenvalue weighted by Crippen LogP contribution is 2.31. The number of nitrogens with two attached hydrogens (primary N) is 1. The van der Waals surface area contributed by atoms with Gasteiger partial charge in [-0.3, -0.25) is 0 Å². The van der Waals surface area contributed by atoms with Gasteiger partial charge in [-0.2, -0.15) is 0 Å². The maximum Gasteiger partial charge on any atom is 0.145 e. The lowest BCUT2D eigenvalue weighted by molar-refractivity contribution is 0.411. The molecule has 0 aliphatic carbocycles. The number of rotatable bonds is 3. The summed E-state index contributed by atoms with van der Waals surface area (Å²) in [4.78, 5) is 0. The van der Waals surface area contributed by atoms with Crippen LogP contribution in [-0.2, 0) is 0 Å². The fourth-order valence-corrected chi connectivity index (χ4v) is 1.70. The summed E-state index contributed by atoms with van der Waals surface area (Å²) in [5.74, 6) is 2.19. The van der Waals surface area contributed by atoms with Crippen molar-refractivity contribution in [2.75, 3.05) is 12.8 Å². The number of anilines is 1. The van der Waals surface area contributed by atoms with Crippen LogP contribution in [0.3, 0.4) is 0 Å². The Bertz CT molecular complexity index is 564. The van der Waals surface area contributed by atoms with Crippen molar-refractivity contribution in [3.05, 3.63) is 47.5 Å². The molecule has 3 heteroatoms. The van der Waals surface area contributed by atoms with Crippen LogP contribution in [0.25, 0.3) is 0 Å². The number of nitrogen functional groups attached to an aromatic ring is 1. The number of hydrogen-bond donors (Lipinski definition) is 1. The van der Waals surface area contributed by atoms with Crippen molar-refractivity contribution in [2.24, 2.45) is 0 Å². The first kappa shape index (κ1) is 12.3. The van der Waals surface area contributed by atoms with Gasteiger partial charge in [-0.15, -0.1) is 0 Å². The molecule has 0 spiro atoms. The third kappa shape index (κ3) is 2.56. The SMILES string of the molecule is COc1cc(Oc2cc(C)ccc2C)ccc1N. The predicted octanol–water partition coefficient (Wildman–Crippen LogP) is 3.69. The lowest BCUT2D eigenvalue weighted by Gasteiger charge is -2.11. The summed E-state index contributed by atoms with van der Waals surface area (Å²) in [6.07, 6.45) is 0. The molecule has 0 heterocycles. The van der Waals surface area contributed by atoms with Crippen LogP contribution in [0.1, 0.15) is 11.1 Å². The third-order valence-electron chi connectivity index (χ3n) is 2.78. The highest BCUT2D eigenvalue weighted by molar-refractivity contribution is 5.56. The Balaban J connectivity index is 2.31. The first-order chi connectivity index (χ1) is 8.60. The Morgan fingerprint density at radius 2 is 1.72 bits per heavy atom. The zero-order valence-corrected chi connectivity index (χ0v) is 10.9. The van der Waals surface area contributed by atoms with E-state index in [2.05, 4.69) is 6.07 Å². The first-order valence-corrected chi connectivity index (χ1v) is 5.79. The highest BCUT2D eigenvalue weighted by Gasteiger charge is 2.05. The smallest absolute Gasteiger partial charge is 0.145 e. The molecule has 2 rings (SSSR count). The summed E-state index contributed by atoms with van der Waals surface area (Å²) >= 11 is 0. The number of hydrogen-bond acceptors (Lipinski definition) is 3. The average molecular weight is 243 g/mol. The van der Waals surface area contributed by atoms with Gasteiger partial charge >= 0.3 is 0 Å². The van der Waals surface area contributed by atoms with Crippen LogP contribution in [0.2, 0.25) is 0 Å². The Hall–Kier alpha value is -2.16. The van der Waals surface area contributed by atoms with Crippen LogP contribution < -0.4 is 15.2 Å². The quantitative estimate of drug-likeness (QED) is 0.836. The van der Waals surface area contributed by atoms with Crippen LogP contribution in [0.4, 0.5) is 5.69 Å². The van der Waals surface area contributed by atoms with Crippen molar-refractivity contribution in [1.82, 2.24) is 0 Å². The van der Waals surface area contributed by atoms with Gasteiger partial charge in [-0.25, -0.2) is 0 Å². The molecule has 0 saturated carbocycles. The Labute approximate surface area is 107 Å². The summed E-state index contributed by atoms with van der Waals surface area (Å²) in [6.45, 7) is 4.05. The molecule has 0 saturated heterocycles. The minimum absolute atomic E-state index is 0.603. The average Bonchev–Trinajstić information content (AvgIpc) is 2.36. The van der Waals surface area contributed by atoms with Crippen molar-refractivity contribution in [1.29, 1.82) is 0 Å². The lowest BCUT2D eigenvalue weighted by atomic mass is 10.1.